The summed E-state index contributed by atoms with van der Waals surface area (Å²) in [6.45, 7) is 2.25. The van der Waals surface area contributed by atoms with Crippen LogP contribution in [0.2, 0.25) is 5.02 Å². The molecule has 2 aliphatic carbocycles. The van der Waals surface area contributed by atoms with E-state index in [1.165, 1.54) is 12.0 Å². The van der Waals surface area contributed by atoms with E-state index in [1.54, 1.807) is 0 Å². The standard InChI is InChI=1S/C22H23ClO/c1-15-12-16-10-11-22(24,18(13-15)14-16)21-19(8-5-9-20(21)23)17-6-3-2-4-7-17/h2-9,13,15-16,24H,10-12,14H2,1H3. The highest BCUT2D eigenvalue weighted by molar-refractivity contribution is 6.32. The van der Waals surface area contributed by atoms with Gasteiger partial charge in [0.05, 0.1) is 0 Å². The van der Waals surface area contributed by atoms with Crippen molar-refractivity contribution in [2.45, 2.75) is 38.2 Å². The van der Waals surface area contributed by atoms with Crippen molar-refractivity contribution in [1.29, 1.82) is 0 Å². The van der Waals surface area contributed by atoms with E-state index in [9.17, 15) is 5.11 Å². The molecule has 2 aromatic carbocycles. The number of halogens is 1. The molecule has 0 amide bonds. The zero-order chi connectivity index (χ0) is 16.7. The van der Waals surface area contributed by atoms with Crippen LogP contribution in [0.3, 0.4) is 0 Å². The Morgan fingerprint density at radius 3 is 2.67 bits per heavy atom. The first kappa shape index (κ1) is 15.9. The van der Waals surface area contributed by atoms with Gasteiger partial charge in [-0.2, -0.15) is 0 Å². The van der Waals surface area contributed by atoms with Gasteiger partial charge in [-0.25, -0.2) is 0 Å². The molecule has 0 aromatic heterocycles. The van der Waals surface area contributed by atoms with Crippen molar-refractivity contribution >= 4 is 11.6 Å². The highest BCUT2D eigenvalue weighted by Crippen LogP contribution is 2.52. The van der Waals surface area contributed by atoms with Crippen LogP contribution in [0.1, 0.15) is 38.2 Å². The molecule has 1 fully saturated rings. The number of aliphatic hydroxyl groups is 1. The van der Waals surface area contributed by atoms with Gasteiger partial charge >= 0.3 is 0 Å². The first-order valence-electron chi connectivity index (χ1n) is 8.86. The Morgan fingerprint density at radius 1 is 1.08 bits per heavy atom. The number of allylic oxidation sites excluding steroid dienone is 1. The second kappa shape index (κ2) is 6.06. The minimum atomic E-state index is -0.936. The van der Waals surface area contributed by atoms with Crippen molar-refractivity contribution in [3.8, 4) is 11.1 Å². The summed E-state index contributed by atoms with van der Waals surface area (Å²) in [5, 5.41) is 12.4. The fraction of sp³-hybridized carbons (Fsp3) is 0.364. The fourth-order valence-corrected chi connectivity index (χ4v) is 4.92. The predicted molar refractivity (Wildman–Crippen MR) is 100.0 cm³/mol. The molecule has 1 N–H and O–H groups in total. The van der Waals surface area contributed by atoms with Gasteiger partial charge in [-0.3, -0.25) is 0 Å². The minimum absolute atomic E-state index is 0.535. The van der Waals surface area contributed by atoms with E-state index in [0.717, 1.165) is 36.0 Å². The lowest BCUT2D eigenvalue weighted by Crippen LogP contribution is -2.37. The second-order valence-corrected chi connectivity index (χ2v) is 7.81. The first-order chi connectivity index (χ1) is 11.6. The Morgan fingerprint density at radius 2 is 1.88 bits per heavy atom. The number of fused-ring (bicyclic) bond motifs is 2. The lowest BCUT2D eigenvalue weighted by molar-refractivity contribution is 0.0292. The minimum Gasteiger partial charge on any atom is -0.381 e. The Hall–Kier alpha value is -1.57. The number of benzene rings is 2. The zero-order valence-electron chi connectivity index (χ0n) is 14.0. The van der Waals surface area contributed by atoms with Gasteiger partial charge in [-0.15, -0.1) is 0 Å². The molecule has 1 saturated carbocycles. The molecule has 0 radical (unpaired) electrons. The van der Waals surface area contributed by atoms with E-state index in [4.69, 9.17) is 11.6 Å². The van der Waals surface area contributed by atoms with Gasteiger partial charge in [-0.1, -0.05) is 67.1 Å². The summed E-state index contributed by atoms with van der Waals surface area (Å²) in [6, 6.07) is 16.2. The van der Waals surface area contributed by atoms with Gasteiger partial charge in [-0.05, 0) is 60.3 Å². The van der Waals surface area contributed by atoms with Crippen LogP contribution in [0.4, 0.5) is 0 Å². The lowest BCUT2D eigenvalue weighted by Gasteiger charge is -2.44. The average molecular weight is 339 g/mol. The molecular formula is C22H23ClO. The molecule has 2 aromatic rings. The first-order valence-corrected chi connectivity index (χ1v) is 9.23. The van der Waals surface area contributed by atoms with E-state index in [1.807, 2.05) is 30.3 Å². The molecule has 0 spiro atoms. The molecule has 0 aliphatic heterocycles. The summed E-state index contributed by atoms with van der Waals surface area (Å²) in [7, 11) is 0. The summed E-state index contributed by atoms with van der Waals surface area (Å²) >= 11 is 6.63. The average Bonchev–Trinajstić information content (AvgIpc) is 2.59. The Bertz CT molecular complexity index is 780. The summed E-state index contributed by atoms with van der Waals surface area (Å²) in [6.07, 6.45) is 6.36. The molecule has 0 saturated heterocycles. The summed E-state index contributed by atoms with van der Waals surface area (Å²) in [5.41, 5.74) is 3.27. The molecule has 3 atom stereocenters. The predicted octanol–water partition coefficient (Wildman–Crippen LogP) is 5.96. The topological polar surface area (TPSA) is 20.2 Å². The van der Waals surface area contributed by atoms with Crippen molar-refractivity contribution in [2.75, 3.05) is 0 Å². The van der Waals surface area contributed by atoms with Crippen LogP contribution in [0.25, 0.3) is 11.1 Å². The van der Waals surface area contributed by atoms with Crippen LogP contribution in [-0.2, 0) is 5.60 Å². The molecule has 2 heteroatoms. The molecule has 24 heavy (non-hydrogen) atoms. The van der Waals surface area contributed by atoms with Crippen molar-refractivity contribution in [3.05, 3.63) is 70.8 Å². The third kappa shape index (κ3) is 2.60. The summed E-state index contributed by atoms with van der Waals surface area (Å²) < 4.78 is 0. The molecular weight excluding hydrogens is 316 g/mol. The summed E-state index contributed by atoms with van der Waals surface area (Å²) in [4.78, 5) is 0. The Labute approximate surface area is 149 Å². The van der Waals surface area contributed by atoms with E-state index >= 15 is 0 Å². The van der Waals surface area contributed by atoms with Crippen LogP contribution in [0.5, 0.6) is 0 Å². The highest BCUT2D eigenvalue weighted by atomic mass is 35.5. The van der Waals surface area contributed by atoms with Crippen molar-refractivity contribution in [3.63, 3.8) is 0 Å². The van der Waals surface area contributed by atoms with E-state index in [-0.39, 0.29) is 0 Å². The van der Waals surface area contributed by atoms with Crippen molar-refractivity contribution in [1.82, 2.24) is 0 Å². The Balaban J connectivity index is 1.90. The normalized spacial score (nSPS) is 29.2. The maximum atomic E-state index is 11.7. The van der Waals surface area contributed by atoms with Crippen LogP contribution in [0.15, 0.2) is 60.2 Å². The molecule has 0 heterocycles. The van der Waals surface area contributed by atoms with E-state index in [0.29, 0.717) is 16.9 Å². The largest absolute Gasteiger partial charge is 0.381 e. The van der Waals surface area contributed by atoms with Gasteiger partial charge in [0.25, 0.3) is 0 Å². The third-order valence-corrected chi connectivity index (χ3v) is 5.97. The van der Waals surface area contributed by atoms with Gasteiger partial charge in [0.1, 0.15) is 5.60 Å². The summed E-state index contributed by atoms with van der Waals surface area (Å²) in [5.74, 6) is 1.25. The number of hydrogen-bond donors (Lipinski definition) is 1. The smallest absolute Gasteiger partial charge is 0.113 e. The van der Waals surface area contributed by atoms with E-state index < -0.39 is 5.60 Å². The van der Waals surface area contributed by atoms with Crippen molar-refractivity contribution in [2.24, 2.45) is 11.8 Å². The maximum absolute atomic E-state index is 11.7. The van der Waals surface area contributed by atoms with Crippen molar-refractivity contribution < 1.29 is 5.11 Å². The maximum Gasteiger partial charge on any atom is 0.113 e. The zero-order valence-corrected chi connectivity index (χ0v) is 14.8. The quantitative estimate of drug-likeness (QED) is 0.670. The van der Waals surface area contributed by atoms with Gasteiger partial charge in [0.2, 0.25) is 0 Å². The van der Waals surface area contributed by atoms with Crippen LogP contribution in [-0.4, -0.2) is 5.11 Å². The van der Waals surface area contributed by atoms with Gasteiger partial charge in [0, 0.05) is 10.6 Å². The third-order valence-electron chi connectivity index (χ3n) is 5.66. The SMILES string of the molecule is CC1C=C2CC(CCC2(O)c2c(Cl)cccc2-c2ccccc2)C1. The van der Waals surface area contributed by atoms with Gasteiger partial charge < -0.3 is 5.11 Å². The van der Waals surface area contributed by atoms with Crippen LogP contribution < -0.4 is 0 Å². The molecule has 2 aliphatic rings. The Kier molecular flexibility index (Phi) is 4.02. The number of hydrogen-bond acceptors (Lipinski definition) is 1. The fourth-order valence-electron chi connectivity index (χ4n) is 4.59. The molecule has 2 bridgehead atoms. The lowest BCUT2D eigenvalue weighted by atomic mass is 9.65. The molecule has 124 valence electrons. The highest BCUT2D eigenvalue weighted by Gasteiger charge is 2.43. The second-order valence-electron chi connectivity index (χ2n) is 7.40. The molecule has 1 nitrogen and oxygen atoms in total. The monoisotopic (exact) mass is 338 g/mol. The van der Waals surface area contributed by atoms with Crippen LogP contribution >= 0.6 is 11.6 Å². The molecule has 3 unspecified atom stereocenters. The van der Waals surface area contributed by atoms with Gasteiger partial charge in [0.15, 0.2) is 0 Å². The van der Waals surface area contributed by atoms with E-state index in [2.05, 4.69) is 31.2 Å². The molecule has 4 rings (SSSR count). The van der Waals surface area contributed by atoms with Crippen LogP contribution in [0, 0.1) is 11.8 Å². The number of rotatable bonds is 2.